The fraction of sp³-hybridized carbons (Fsp3) is 0.600. The normalized spacial score (nSPS) is 12.2. The Balaban J connectivity index is 3.42. The molecule has 1 aromatic carbocycles. The summed E-state index contributed by atoms with van der Waals surface area (Å²) in [6, 6.07) is 3.60. The van der Waals surface area contributed by atoms with Crippen molar-refractivity contribution in [1.29, 1.82) is 0 Å². The summed E-state index contributed by atoms with van der Waals surface area (Å²) in [5, 5.41) is 11.0. The van der Waals surface area contributed by atoms with Gasteiger partial charge in [-0.15, -0.1) is 0 Å². The Morgan fingerprint density at radius 1 is 1.17 bits per heavy atom. The van der Waals surface area contributed by atoms with E-state index in [1.807, 2.05) is 27.7 Å². The molecule has 0 radical (unpaired) electrons. The Morgan fingerprint density at radius 3 is 2.09 bits per heavy atom. The van der Waals surface area contributed by atoms with Gasteiger partial charge in [0.25, 0.3) is 5.69 Å². The average molecular weight is 344 g/mol. The van der Waals surface area contributed by atoms with Crippen LogP contribution in [-0.2, 0) is 10.0 Å². The molecule has 23 heavy (non-hydrogen) atoms. The van der Waals surface area contributed by atoms with Crippen LogP contribution in [0, 0.1) is 22.0 Å². The molecule has 1 aromatic rings. The lowest BCUT2D eigenvalue weighted by atomic mass is 10.2. The first-order valence-corrected chi connectivity index (χ1v) is 8.86. The monoisotopic (exact) mass is 344 g/mol. The molecule has 0 aliphatic heterocycles. The lowest BCUT2D eigenvalue weighted by molar-refractivity contribution is -0.385. The molecule has 0 unspecified atom stereocenters. The molecule has 0 heterocycles. The predicted octanol–water partition coefficient (Wildman–Crippen LogP) is 2.91. The largest absolute Gasteiger partial charge is 0.495 e. The molecule has 0 saturated heterocycles. The number of hydrogen-bond acceptors (Lipinski definition) is 5. The first-order chi connectivity index (χ1) is 10.6. The molecule has 0 aliphatic rings. The molecule has 0 saturated carbocycles. The van der Waals surface area contributed by atoms with Crippen LogP contribution in [0.15, 0.2) is 23.1 Å². The SMILES string of the molecule is COc1ccc([N+](=O)[O-])cc1S(=O)(=O)N(CC(C)C)CC(C)C. The number of nitrogens with zero attached hydrogens (tertiary/aromatic N) is 2. The fourth-order valence-corrected chi connectivity index (χ4v) is 4.15. The lowest BCUT2D eigenvalue weighted by Crippen LogP contribution is -2.37. The van der Waals surface area contributed by atoms with Crippen LogP contribution in [0.4, 0.5) is 5.69 Å². The number of nitro groups is 1. The van der Waals surface area contributed by atoms with Crippen LogP contribution in [-0.4, -0.2) is 37.8 Å². The van der Waals surface area contributed by atoms with Crippen molar-refractivity contribution in [3.05, 3.63) is 28.3 Å². The van der Waals surface area contributed by atoms with Crippen LogP contribution < -0.4 is 4.74 Å². The number of sulfonamides is 1. The van der Waals surface area contributed by atoms with Crippen molar-refractivity contribution in [1.82, 2.24) is 4.31 Å². The van der Waals surface area contributed by atoms with E-state index in [2.05, 4.69) is 0 Å². The van der Waals surface area contributed by atoms with Crippen molar-refractivity contribution < 1.29 is 18.1 Å². The highest BCUT2D eigenvalue weighted by atomic mass is 32.2. The fourth-order valence-electron chi connectivity index (χ4n) is 2.20. The van der Waals surface area contributed by atoms with Gasteiger partial charge in [0.1, 0.15) is 10.6 Å². The van der Waals surface area contributed by atoms with Gasteiger partial charge in [-0.2, -0.15) is 4.31 Å². The van der Waals surface area contributed by atoms with Gasteiger partial charge < -0.3 is 4.74 Å². The van der Waals surface area contributed by atoms with Gasteiger partial charge >= 0.3 is 0 Å². The van der Waals surface area contributed by atoms with Crippen molar-refractivity contribution in [2.45, 2.75) is 32.6 Å². The van der Waals surface area contributed by atoms with E-state index < -0.39 is 14.9 Å². The maximum atomic E-state index is 13.0. The summed E-state index contributed by atoms with van der Waals surface area (Å²) in [7, 11) is -2.54. The maximum Gasteiger partial charge on any atom is 0.271 e. The third kappa shape index (κ3) is 4.90. The number of non-ortho nitro benzene ring substituents is 1. The van der Waals surface area contributed by atoms with Crippen LogP contribution in [0.2, 0.25) is 0 Å². The van der Waals surface area contributed by atoms with Gasteiger partial charge in [-0.3, -0.25) is 10.1 Å². The number of nitro benzene ring substituents is 1. The van der Waals surface area contributed by atoms with Gasteiger partial charge in [-0.25, -0.2) is 8.42 Å². The molecule has 0 amide bonds. The second-order valence-electron chi connectivity index (χ2n) is 6.20. The Labute approximate surface area is 137 Å². The number of ether oxygens (including phenoxy) is 1. The van der Waals surface area contributed by atoms with Crippen molar-refractivity contribution >= 4 is 15.7 Å². The second-order valence-corrected chi connectivity index (χ2v) is 8.11. The highest BCUT2D eigenvalue weighted by Crippen LogP contribution is 2.31. The minimum absolute atomic E-state index is 0.105. The van der Waals surface area contributed by atoms with Gasteiger partial charge in [0.2, 0.25) is 10.0 Å². The lowest BCUT2D eigenvalue weighted by Gasteiger charge is -2.26. The minimum atomic E-state index is -3.89. The van der Waals surface area contributed by atoms with Crippen molar-refractivity contribution in [2.75, 3.05) is 20.2 Å². The summed E-state index contributed by atoms with van der Waals surface area (Å²) < 4.78 is 32.4. The van der Waals surface area contributed by atoms with Crippen LogP contribution in [0.1, 0.15) is 27.7 Å². The molecule has 0 fully saturated rings. The molecule has 0 N–H and O–H groups in total. The van der Waals surface area contributed by atoms with Crippen molar-refractivity contribution in [3.63, 3.8) is 0 Å². The average Bonchev–Trinajstić information content (AvgIpc) is 2.44. The minimum Gasteiger partial charge on any atom is -0.495 e. The molecule has 0 spiro atoms. The molecule has 0 aromatic heterocycles. The van der Waals surface area contributed by atoms with Crippen LogP contribution in [0.25, 0.3) is 0 Å². The van der Waals surface area contributed by atoms with Gasteiger partial charge in [-0.05, 0) is 17.9 Å². The molecular formula is C15H24N2O5S. The third-order valence-corrected chi connectivity index (χ3v) is 4.97. The summed E-state index contributed by atoms with van der Waals surface area (Å²) in [4.78, 5) is 10.2. The maximum absolute atomic E-state index is 13.0. The van der Waals surface area contributed by atoms with Crippen molar-refractivity contribution in [3.8, 4) is 5.75 Å². The Hall–Kier alpha value is -1.67. The first kappa shape index (κ1) is 19.4. The molecule has 0 aliphatic carbocycles. The number of hydrogen-bond donors (Lipinski definition) is 0. The highest BCUT2D eigenvalue weighted by Gasteiger charge is 2.30. The van der Waals surface area contributed by atoms with Gasteiger partial charge in [0, 0.05) is 25.2 Å². The summed E-state index contributed by atoms with van der Waals surface area (Å²) >= 11 is 0. The molecular weight excluding hydrogens is 320 g/mol. The Kier molecular flexibility index (Phi) is 6.52. The van der Waals surface area contributed by atoms with E-state index in [9.17, 15) is 18.5 Å². The standard InChI is InChI=1S/C15H24N2O5S/c1-11(2)9-16(10-12(3)4)23(20,21)15-8-13(17(18)19)6-7-14(15)22-5/h6-8,11-12H,9-10H2,1-5H3. The van der Waals surface area contributed by atoms with E-state index in [1.54, 1.807) is 0 Å². The zero-order valence-corrected chi connectivity index (χ0v) is 15.0. The van der Waals surface area contributed by atoms with E-state index in [0.29, 0.717) is 13.1 Å². The number of benzene rings is 1. The molecule has 1 rings (SSSR count). The molecule has 0 atom stereocenters. The van der Waals surface area contributed by atoms with Crippen LogP contribution in [0.3, 0.4) is 0 Å². The second kappa shape index (κ2) is 7.74. The number of rotatable bonds is 8. The third-order valence-electron chi connectivity index (χ3n) is 3.11. The molecule has 8 heteroatoms. The molecule has 0 bridgehead atoms. The predicted molar refractivity (Wildman–Crippen MR) is 88.1 cm³/mol. The summed E-state index contributed by atoms with van der Waals surface area (Å²) in [5.74, 6) is 0.370. The zero-order valence-electron chi connectivity index (χ0n) is 14.1. The van der Waals surface area contributed by atoms with Crippen LogP contribution >= 0.6 is 0 Å². The van der Waals surface area contributed by atoms with Crippen molar-refractivity contribution in [2.24, 2.45) is 11.8 Å². The van der Waals surface area contributed by atoms with Crippen LogP contribution in [0.5, 0.6) is 5.75 Å². The molecule has 7 nitrogen and oxygen atoms in total. The highest BCUT2D eigenvalue weighted by molar-refractivity contribution is 7.89. The van der Waals surface area contributed by atoms with E-state index in [-0.39, 0.29) is 28.2 Å². The summed E-state index contributed by atoms with van der Waals surface area (Å²) in [6.45, 7) is 8.38. The van der Waals surface area contributed by atoms with Gasteiger partial charge in [-0.1, -0.05) is 27.7 Å². The molecule has 130 valence electrons. The topological polar surface area (TPSA) is 89.7 Å². The van der Waals surface area contributed by atoms with E-state index in [1.165, 1.54) is 23.5 Å². The van der Waals surface area contributed by atoms with E-state index in [4.69, 9.17) is 4.74 Å². The number of methoxy groups -OCH3 is 1. The quantitative estimate of drug-likeness (QED) is 0.534. The zero-order chi connectivity index (χ0) is 17.8. The smallest absolute Gasteiger partial charge is 0.271 e. The van der Waals surface area contributed by atoms with Gasteiger partial charge in [0.05, 0.1) is 12.0 Å². The van der Waals surface area contributed by atoms with Gasteiger partial charge in [0.15, 0.2) is 0 Å². The van der Waals surface area contributed by atoms with E-state index >= 15 is 0 Å². The van der Waals surface area contributed by atoms with E-state index in [0.717, 1.165) is 6.07 Å². The summed E-state index contributed by atoms with van der Waals surface area (Å²) in [6.07, 6.45) is 0. The Bertz CT molecular complexity index is 646. The first-order valence-electron chi connectivity index (χ1n) is 7.42. The Morgan fingerprint density at radius 2 is 1.70 bits per heavy atom. The summed E-state index contributed by atoms with van der Waals surface area (Å²) in [5.41, 5.74) is -0.279.